The van der Waals surface area contributed by atoms with E-state index in [0.29, 0.717) is 17.5 Å². The second-order valence-electron chi connectivity index (χ2n) is 3.94. The summed E-state index contributed by atoms with van der Waals surface area (Å²) in [6, 6.07) is 6.57. The molecule has 0 saturated heterocycles. The molecule has 2 rings (SSSR count). The maximum atomic E-state index is 11.9. The molecular weight excluding hydrogens is 240 g/mol. The van der Waals surface area contributed by atoms with Gasteiger partial charge >= 0.3 is 0 Å². The van der Waals surface area contributed by atoms with Crippen molar-refractivity contribution in [3.05, 3.63) is 47.5 Å². The van der Waals surface area contributed by atoms with Gasteiger partial charge in [0.1, 0.15) is 0 Å². The van der Waals surface area contributed by atoms with Gasteiger partial charge in [-0.25, -0.2) is 0 Å². The van der Waals surface area contributed by atoms with Crippen LogP contribution in [-0.2, 0) is 0 Å². The summed E-state index contributed by atoms with van der Waals surface area (Å²) in [6.07, 6.45) is -0.464. The topological polar surface area (TPSA) is 37.4 Å². The third kappa shape index (κ3) is 2.30. The third-order valence-corrected chi connectivity index (χ3v) is 2.76. The van der Waals surface area contributed by atoms with Crippen LogP contribution in [0.1, 0.15) is 33.6 Å². The highest BCUT2D eigenvalue weighted by atomic mass is 19.3. The average Bonchev–Trinajstić information content (AvgIpc) is 2.59. The third-order valence-electron chi connectivity index (χ3n) is 2.76. The number of halogens is 2. The minimum Gasteiger partial charge on any atom is -0.274 e. The van der Waals surface area contributed by atoms with Gasteiger partial charge in [0.2, 0.25) is 0 Å². The highest BCUT2D eigenvalue weighted by Crippen LogP contribution is 2.22. The first-order valence-electron chi connectivity index (χ1n) is 5.57. The first kappa shape index (κ1) is 12.4. The first-order chi connectivity index (χ1) is 8.61. The summed E-state index contributed by atoms with van der Waals surface area (Å²) in [7, 11) is 0. The van der Waals surface area contributed by atoms with Gasteiger partial charge in [-0.3, -0.25) is 14.5 Å². The molecule has 3 nitrogen and oxygen atoms in total. The standard InChI is InChI=1S/C13H11F2NO2/c14-11(15)7-3-4-8-16-12(17)9-5-1-2-6-10(9)13(16)18/h1-2,5-7H,3-4,8H2. The van der Waals surface area contributed by atoms with E-state index in [9.17, 15) is 18.4 Å². The van der Waals surface area contributed by atoms with Crippen LogP contribution in [0.4, 0.5) is 8.78 Å². The Morgan fingerprint density at radius 1 is 1.11 bits per heavy atom. The lowest BCUT2D eigenvalue weighted by Gasteiger charge is -2.12. The van der Waals surface area contributed by atoms with Crippen LogP contribution in [0.2, 0.25) is 0 Å². The van der Waals surface area contributed by atoms with Gasteiger partial charge in [0, 0.05) is 6.54 Å². The van der Waals surface area contributed by atoms with Crippen LogP contribution in [0.25, 0.3) is 0 Å². The van der Waals surface area contributed by atoms with Gasteiger partial charge in [-0.15, -0.1) is 0 Å². The molecule has 0 aliphatic carbocycles. The molecule has 2 amide bonds. The summed E-state index contributed by atoms with van der Waals surface area (Å²) in [6.45, 7) is 0.163. The SMILES string of the molecule is O=C1c2ccccc2C(=O)N1CCCC=C(F)F. The smallest absolute Gasteiger partial charge is 0.266 e. The molecule has 18 heavy (non-hydrogen) atoms. The van der Waals surface area contributed by atoms with Gasteiger partial charge in [0.05, 0.1) is 11.1 Å². The van der Waals surface area contributed by atoms with Gasteiger partial charge in [-0.2, -0.15) is 8.78 Å². The fourth-order valence-electron chi connectivity index (χ4n) is 1.90. The van der Waals surface area contributed by atoms with E-state index in [4.69, 9.17) is 0 Å². The maximum Gasteiger partial charge on any atom is 0.266 e. The molecule has 0 unspecified atom stereocenters. The van der Waals surface area contributed by atoms with Crippen LogP contribution in [-0.4, -0.2) is 23.3 Å². The molecule has 0 fully saturated rings. The summed E-state index contributed by atoms with van der Waals surface area (Å²) in [5, 5.41) is 0. The van der Waals surface area contributed by atoms with Crippen molar-refractivity contribution in [1.82, 2.24) is 4.90 Å². The average molecular weight is 251 g/mol. The minimum atomic E-state index is -1.74. The zero-order chi connectivity index (χ0) is 13.1. The van der Waals surface area contributed by atoms with Crippen LogP contribution in [0, 0.1) is 0 Å². The molecule has 0 aromatic heterocycles. The van der Waals surface area contributed by atoms with E-state index in [1.54, 1.807) is 24.3 Å². The monoisotopic (exact) mass is 251 g/mol. The van der Waals surface area contributed by atoms with Crippen LogP contribution in [0.5, 0.6) is 0 Å². The molecule has 1 aromatic rings. The number of benzene rings is 1. The van der Waals surface area contributed by atoms with Gasteiger partial charge < -0.3 is 0 Å². The molecule has 0 N–H and O–H groups in total. The predicted octanol–water partition coefficient (Wildman–Crippen LogP) is 2.84. The van der Waals surface area contributed by atoms with Gasteiger partial charge in [-0.05, 0) is 31.1 Å². The number of carbonyl (C=O) groups is 2. The highest BCUT2D eigenvalue weighted by molar-refractivity contribution is 6.21. The van der Waals surface area contributed by atoms with E-state index in [2.05, 4.69) is 0 Å². The number of imide groups is 1. The number of unbranched alkanes of at least 4 members (excludes halogenated alkanes) is 1. The number of rotatable bonds is 4. The van der Waals surface area contributed by atoms with Gasteiger partial charge in [0.15, 0.2) is 0 Å². The number of hydrogen-bond acceptors (Lipinski definition) is 2. The molecule has 0 saturated carbocycles. The lowest BCUT2D eigenvalue weighted by molar-refractivity contribution is 0.0653. The van der Waals surface area contributed by atoms with Crippen molar-refractivity contribution in [1.29, 1.82) is 0 Å². The zero-order valence-corrected chi connectivity index (χ0v) is 9.53. The fraction of sp³-hybridized carbons (Fsp3) is 0.231. The number of amides is 2. The molecule has 0 bridgehead atoms. The van der Waals surface area contributed by atoms with E-state index in [1.165, 1.54) is 0 Å². The Balaban J connectivity index is 2.03. The van der Waals surface area contributed by atoms with Crippen LogP contribution < -0.4 is 0 Å². The van der Waals surface area contributed by atoms with Crippen molar-refractivity contribution in [2.75, 3.05) is 6.54 Å². The molecule has 1 heterocycles. The molecular formula is C13H11F2NO2. The van der Waals surface area contributed by atoms with E-state index < -0.39 is 6.08 Å². The van der Waals surface area contributed by atoms with E-state index >= 15 is 0 Å². The summed E-state index contributed by atoms with van der Waals surface area (Å²) in [4.78, 5) is 24.9. The Labute approximate surface area is 103 Å². The molecule has 1 aliphatic rings. The van der Waals surface area contributed by atoms with Crippen LogP contribution in [0.15, 0.2) is 36.4 Å². The molecule has 1 aromatic carbocycles. The van der Waals surface area contributed by atoms with Gasteiger partial charge in [-0.1, -0.05) is 12.1 Å². The summed E-state index contributed by atoms with van der Waals surface area (Å²) >= 11 is 0. The summed E-state index contributed by atoms with van der Waals surface area (Å²) in [5.41, 5.74) is 0.768. The molecule has 0 spiro atoms. The molecule has 0 radical (unpaired) electrons. The number of nitrogens with zero attached hydrogens (tertiary/aromatic N) is 1. The summed E-state index contributed by atoms with van der Waals surface area (Å²) < 4.78 is 23.6. The van der Waals surface area contributed by atoms with Crippen LogP contribution >= 0.6 is 0 Å². The molecule has 94 valence electrons. The van der Waals surface area contributed by atoms with Crippen molar-refractivity contribution in [2.45, 2.75) is 12.8 Å². The maximum absolute atomic E-state index is 11.9. The zero-order valence-electron chi connectivity index (χ0n) is 9.53. The molecule has 0 atom stereocenters. The van der Waals surface area contributed by atoms with Crippen molar-refractivity contribution in [3.8, 4) is 0 Å². The number of fused-ring (bicyclic) bond motifs is 1. The quantitative estimate of drug-likeness (QED) is 0.609. The normalized spacial score (nSPS) is 13.8. The Bertz CT molecular complexity index is 486. The highest BCUT2D eigenvalue weighted by Gasteiger charge is 2.34. The van der Waals surface area contributed by atoms with Crippen molar-refractivity contribution in [3.63, 3.8) is 0 Å². The lowest BCUT2D eigenvalue weighted by atomic mass is 10.1. The first-order valence-corrected chi connectivity index (χ1v) is 5.57. The number of hydrogen-bond donors (Lipinski definition) is 0. The van der Waals surface area contributed by atoms with E-state index in [-0.39, 0.29) is 24.8 Å². The van der Waals surface area contributed by atoms with Gasteiger partial charge in [0.25, 0.3) is 17.9 Å². The lowest BCUT2D eigenvalue weighted by Crippen LogP contribution is -2.30. The Morgan fingerprint density at radius 3 is 2.17 bits per heavy atom. The van der Waals surface area contributed by atoms with Crippen molar-refractivity contribution in [2.24, 2.45) is 0 Å². The van der Waals surface area contributed by atoms with E-state index in [1.807, 2.05) is 0 Å². The van der Waals surface area contributed by atoms with Crippen LogP contribution in [0.3, 0.4) is 0 Å². The minimum absolute atomic E-state index is 0.149. The second-order valence-corrected chi connectivity index (χ2v) is 3.94. The second kappa shape index (κ2) is 5.08. The fourth-order valence-corrected chi connectivity index (χ4v) is 1.90. The Kier molecular flexibility index (Phi) is 3.50. The molecule has 1 aliphatic heterocycles. The predicted molar refractivity (Wildman–Crippen MR) is 61.3 cm³/mol. The molecule has 5 heteroatoms. The summed E-state index contributed by atoms with van der Waals surface area (Å²) in [5.74, 6) is -0.694. The largest absolute Gasteiger partial charge is 0.274 e. The number of allylic oxidation sites excluding steroid dienone is 1. The van der Waals surface area contributed by atoms with Crippen molar-refractivity contribution < 1.29 is 18.4 Å². The Morgan fingerprint density at radius 2 is 1.67 bits per heavy atom. The Hall–Kier alpha value is -2.04. The van der Waals surface area contributed by atoms with Crippen molar-refractivity contribution >= 4 is 11.8 Å². The number of carbonyl (C=O) groups excluding carboxylic acids is 2. The van der Waals surface area contributed by atoms with E-state index in [0.717, 1.165) is 11.0 Å².